The minimum absolute atomic E-state index is 0.00544. The zero-order valence-electron chi connectivity index (χ0n) is 22.6. The van der Waals surface area contributed by atoms with Crippen LogP contribution in [0.3, 0.4) is 0 Å². The molecule has 3 aromatic carbocycles. The van der Waals surface area contributed by atoms with Crippen LogP contribution in [0.15, 0.2) is 72.9 Å². The van der Waals surface area contributed by atoms with E-state index in [1.807, 2.05) is 25.2 Å². The molecule has 1 N–H and O–H groups in total. The third-order valence-electron chi connectivity index (χ3n) is 7.56. The number of esters is 1. The smallest absolute Gasteiger partial charge is 0.330 e. The lowest BCUT2D eigenvalue weighted by molar-refractivity contribution is -0.134. The Labute approximate surface area is 232 Å². The van der Waals surface area contributed by atoms with Gasteiger partial charge in [-0.1, -0.05) is 49.6 Å². The first-order valence-corrected chi connectivity index (χ1v) is 13.4. The van der Waals surface area contributed by atoms with Gasteiger partial charge in [-0.25, -0.2) is 9.18 Å². The lowest BCUT2D eigenvalue weighted by atomic mass is 9.88. The Morgan fingerprint density at radius 2 is 1.82 bits per heavy atom. The number of halogens is 1. The van der Waals surface area contributed by atoms with Crippen molar-refractivity contribution < 1.29 is 23.8 Å². The van der Waals surface area contributed by atoms with Gasteiger partial charge in [-0.2, -0.15) is 5.10 Å². The number of fused-ring (bicyclic) bond motifs is 1. The van der Waals surface area contributed by atoms with Gasteiger partial charge in [-0.3, -0.25) is 14.4 Å². The number of methoxy groups -OCH3 is 1. The van der Waals surface area contributed by atoms with E-state index in [2.05, 4.69) is 9.84 Å². The molecule has 0 saturated heterocycles. The van der Waals surface area contributed by atoms with E-state index in [4.69, 9.17) is 0 Å². The molecule has 1 atom stereocenters. The molecular weight excluding hydrogens is 509 g/mol. The number of benzene rings is 3. The average molecular weight is 542 g/mol. The van der Waals surface area contributed by atoms with Crippen LogP contribution in [-0.4, -0.2) is 33.9 Å². The molecule has 1 unspecified atom stereocenters. The molecule has 206 valence electrons. The maximum atomic E-state index is 15.6. The lowest BCUT2D eigenvalue weighted by Gasteiger charge is -2.33. The molecule has 1 amide bonds. The fourth-order valence-corrected chi connectivity index (χ4v) is 5.34. The summed E-state index contributed by atoms with van der Waals surface area (Å²) in [4.78, 5) is 26.7. The molecule has 1 fully saturated rings. The number of anilines is 1. The maximum absolute atomic E-state index is 15.6. The van der Waals surface area contributed by atoms with E-state index < -0.39 is 18.0 Å². The molecule has 0 radical (unpaired) electrons. The predicted molar refractivity (Wildman–Crippen MR) is 153 cm³/mol. The highest BCUT2D eigenvalue weighted by molar-refractivity contribution is 5.96. The topological polar surface area (TPSA) is 84.7 Å². The number of ether oxygens (including phenoxy) is 1. The van der Waals surface area contributed by atoms with Crippen LogP contribution in [0.25, 0.3) is 28.1 Å². The van der Waals surface area contributed by atoms with E-state index in [9.17, 15) is 14.7 Å². The summed E-state index contributed by atoms with van der Waals surface area (Å²) < 4.78 is 22.1. The second kappa shape index (κ2) is 11.8. The normalized spacial score (nSPS) is 14.9. The standard InChI is InChI=1S/C32H32FN3O4/c1-35-29-15-13-23(18-25(29)20-34-35)24-12-14-27(28(33)19-24)32(39)36(31(38)22-8-4-3-5-9-22)26-10-6-7-21(17-26)11-16-30(37)40-2/h6-7,10-20,22,32,39H,3-5,8-9H2,1-2H3/b16-11+. The summed E-state index contributed by atoms with van der Waals surface area (Å²) in [5, 5.41) is 16.7. The predicted octanol–water partition coefficient (Wildman–Crippen LogP) is 6.17. The van der Waals surface area contributed by atoms with Gasteiger partial charge in [-0.15, -0.1) is 0 Å². The van der Waals surface area contributed by atoms with Crippen LogP contribution in [-0.2, 0) is 21.4 Å². The van der Waals surface area contributed by atoms with Gasteiger partial charge in [0.25, 0.3) is 0 Å². The Kier molecular flexibility index (Phi) is 8.07. The molecule has 5 rings (SSSR count). The van der Waals surface area contributed by atoms with Crippen LogP contribution in [0, 0.1) is 11.7 Å². The highest BCUT2D eigenvalue weighted by atomic mass is 19.1. The largest absolute Gasteiger partial charge is 0.466 e. The molecule has 1 saturated carbocycles. The van der Waals surface area contributed by atoms with Crippen LogP contribution in [0.4, 0.5) is 10.1 Å². The van der Waals surface area contributed by atoms with Crippen molar-refractivity contribution in [2.45, 2.75) is 38.3 Å². The molecule has 0 spiro atoms. The number of aryl methyl sites for hydroxylation is 1. The van der Waals surface area contributed by atoms with E-state index in [-0.39, 0.29) is 17.4 Å². The van der Waals surface area contributed by atoms with Gasteiger partial charge >= 0.3 is 5.97 Å². The first-order valence-electron chi connectivity index (χ1n) is 13.4. The minimum atomic E-state index is -1.54. The first kappa shape index (κ1) is 27.3. The monoisotopic (exact) mass is 541 g/mol. The van der Waals surface area contributed by atoms with Gasteiger partial charge in [0, 0.05) is 35.7 Å². The number of aromatic nitrogens is 2. The van der Waals surface area contributed by atoms with Gasteiger partial charge in [0.2, 0.25) is 5.91 Å². The highest BCUT2D eigenvalue weighted by Crippen LogP contribution is 2.35. The van der Waals surface area contributed by atoms with Crippen LogP contribution in [0.2, 0.25) is 0 Å². The maximum Gasteiger partial charge on any atom is 0.330 e. The van der Waals surface area contributed by atoms with Crippen LogP contribution >= 0.6 is 0 Å². The van der Waals surface area contributed by atoms with Crippen LogP contribution in [0.1, 0.15) is 49.5 Å². The molecule has 7 nitrogen and oxygen atoms in total. The van der Waals surface area contributed by atoms with Crippen molar-refractivity contribution in [3.63, 3.8) is 0 Å². The van der Waals surface area contributed by atoms with Crippen molar-refractivity contribution in [2.24, 2.45) is 13.0 Å². The number of carbonyl (C=O) groups is 2. The summed E-state index contributed by atoms with van der Waals surface area (Å²) in [6.45, 7) is 0. The van der Waals surface area contributed by atoms with Gasteiger partial charge in [0.15, 0.2) is 6.23 Å². The summed E-state index contributed by atoms with van der Waals surface area (Å²) in [5.74, 6) is -1.62. The number of aliphatic hydroxyl groups excluding tert-OH is 1. The second-order valence-corrected chi connectivity index (χ2v) is 10.1. The number of aliphatic hydroxyl groups is 1. The molecule has 4 aromatic rings. The summed E-state index contributed by atoms with van der Waals surface area (Å²) in [5.41, 5.74) is 3.50. The first-order chi connectivity index (χ1) is 19.4. The molecule has 1 aliphatic rings. The minimum Gasteiger partial charge on any atom is -0.466 e. The number of hydrogen-bond acceptors (Lipinski definition) is 5. The van der Waals surface area contributed by atoms with Crippen molar-refractivity contribution in [1.82, 2.24) is 9.78 Å². The molecule has 0 aliphatic heterocycles. The molecule has 8 heteroatoms. The van der Waals surface area contributed by atoms with Crippen molar-refractivity contribution in [2.75, 3.05) is 12.0 Å². The van der Waals surface area contributed by atoms with Gasteiger partial charge in [0.1, 0.15) is 5.82 Å². The fraction of sp³-hybridized carbons (Fsp3) is 0.281. The SMILES string of the molecule is COC(=O)/C=C/c1cccc(N(C(=O)C2CCCCC2)C(O)c2ccc(-c3ccc4c(cnn4C)c3)cc2F)c1. The van der Waals surface area contributed by atoms with E-state index in [0.29, 0.717) is 16.8 Å². The quantitative estimate of drug-likeness (QED) is 0.172. The fourth-order valence-electron chi connectivity index (χ4n) is 5.34. The second-order valence-electron chi connectivity index (χ2n) is 10.1. The Morgan fingerprint density at radius 1 is 1.07 bits per heavy atom. The molecule has 0 bridgehead atoms. The zero-order chi connectivity index (χ0) is 28.2. The average Bonchev–Trinajstić information content (AvgIpc) is 3.36. The van der Waals surface area contributed by atoms with Crippen molar-refractivity contribution in [1.29, 1.82) is 0 Å². The number of carbonyl (C=O) groups excluding carboxylic acids is 2. The Bertz CT molecular complexity index is 1570. The Balaban J connectivity index is 1.49. The van der Waals surface area contributed by atoms with Crippen molar-refractivity contribution in [3.8, 4) is 11.1 Å². The number of amides is 1. The number of rotatable bonds is 7. The summed E-state index contributed by atoms with van der Waals surface area (Å²) >= 11 is 0. The van der Waals surface area contributed by atoms with Crippen molar-refractivity contribution >= 4 is 34.5 Å². The molecule has 1 heterocycles. The van der Waals surface area contributed by atoms with Gasteiger partial charge in [-0.05, 0) is 65.9 Å². The molecular formula is C32H32FN3O4. The number of hydrogen-bond donors (Lipinski definition) is 1. The Hall–Kier alpha value is -4.30. The van der Waals surface area contributed by atoms with Crippen molar-refractivity contribution in [3.05, 3.63) is 89.9 Å². The third-order valence-corrected chi connectivity index (χ3v) is 7.56. The Morgan fingerprint density at radius 3 is 2.58 bits per heavy atom. The third kappa shape index (κ3) is 5.67. The summed E-state index contributed by atoms with van der Waals surface area (Å²) in [7, 11) is 3.16. The van der Waals surface area contributed by atoms with Crippen LogP contribution in [0.5, 0.6) is 0 Å². The molecule has 1 aliphatic carbocycles. The van der Waals surface area contributed by atoms with E-state index in [1.54, 1.807) is 47.3 Å². The van der Waals surface area contributed by atoms with Crippen LogP contribution < -0.4 is 4.90 Å². The molecule has 40 heavy (non-hydrogen) atoms. The van der Waals surface area contributed by atoms with E-state index >= 15 is 4.39 Å². The van der Waals surface area contributed by atoms with Gasteiger partial charge in [0.05, 0.1) is 18.8 Å². The highest BCUT2D eigenvalue weighted by Gasteiger charge is 2.33. The molecule has 1 aromatic heterocycles. The summed E-state index contributed by atoms with van der Waals surface area (Å²) in [6, 6.07) is 17.3. The van der Waals surface area contributed by atoms with E-state index in [0.717, 1.165) is 48.6 Å². The zero-order valence-corrected chi connectivity index (χ0v) is 22.6. The summed E-state index contributed by atoms with van der Waals surface area (Å²) in [6.07, 6.45) is 7.47. The van der Waals surface area contributed by atoms with Gasteiger partial charge < -0.3 is 9.84 Å². The number of nitrogens with zero attached hydrogens (tertiary/aromatic N) is 3. The van der Waals surface area contributed by atoms with E-state index in [1.165, 1.54) is 30.2 Å². The lowest BCUT2D eigenvalue weighted by Crippen LogP contribution is -2.40.